The molecule has 0 aliphatic rings. The fourth-order valence-electron chi connectivity index (χ4n) is 1.06. The summed E-state index contributed by atoms with van der Waals surface area (Å²) >= 11 is 0. The highest BCUT2D eigenvalue weighted by atomic mass is 15.3. The molecule has 0 unspecified atom stereocenters. The maximum Gasteiger partial charge on any atom is 0.0926 e. The van der Waals surface area contributed by atoms with Crippen LogP contribution in [0.2, 0.25) is 0 Å². The molecule has 0 saturated heterocycles. The zero-order valence-electron chi connectivity index (χ0n) is 6.86. The van der Waals surface area contributed by atoms with Crippen molar-refractivity contribution in [1.29, 1.82) is 0 Å². The number of aromatic nitrogens is 2. The maximum atomic E-state index is 4.08. The number of aryl methyl sites for hydroxylation is 1. The van der Waals surface area contributed by atoms with E-state index in [1.165, 1.54) is 5.56 Å². The Morgan fingerprint density at radius 1 is 1.25 bits per heavy atom. The summed E-state index contributed by atoms with van der Waals surface area (Å²) in [4.78, 5) is 0. The molecule has 59 valence electrons. The average Bonchev–Trinajstić information content (AvgIpc) is 2.58. The van der Waals surface area contributed by atoms with Gasteiger partial charge in [-0.3, -0.25) is 0 Å². The van der Waals surface area contributed by atoms with Crippen LogP contribution in [0.25, 0.3) is 5.69 Å². The smallest absolute Gasteiger partial charge is 0.0926 e. The molecule has 0 aliphatic heterocycles. The molecule has 0 spiro atoms. The van der Waals surface area contributed by atoms with Crippen LogP contribution in [-0.4, -0.2) is 9.78 Å². The van der Waals surface area contributed by atoms with Crippen molar-refractivity contribution in [3.8, 4) is 5.69 Å². The molecular formula is C10H9N2. The van der Waals surface area contributed by atoms with Gasteiger partial charge in [0.1, 0.15) is 0 Å². The third-order valence-electron chi connectivity index (χ3n) is 1.73. The normalized spacial score (nSPS) is 10.1. The summed E-state index contributed by atoms with van der Waals surface area (Å²) in [6.45, 7) is 2.07. The van der Waals surface area contributed by atoms with E-state index in [2.05, 4.69) is 30.4 Å². The van der Waals surface area contributed by atoms with E-state index in [-0.39, 0.29) is 0 Å². The molecule has 1 radical (unpaired) electrons. The highest BCUT2D eigenvalue weighted by Crippen LogP contribution is 2.06. The van der Waals surface area contributed by atoms with Crippen LogP contribution in [-0.2, 0) is 0 Å². The number of nitrogens with zero attached hydrogens (tertiary/aromatic N) is 2. The minimum atomic E-state index is 1.05. The molecule has 2 rings (SSSR count). The second kappa shape index (κ2) is 2.81. The Morgan fingerprint density at radius 3 is 2.58 bits per heavy atom. The third kappa shape index (κ3) is 1.23. The fraction of sp³-hybridized carbons (Fsp3) is 0.100. The lowest BCUT2D eigenvalue weighted by Gasteiger charge is -1.99. The lowest BCUT2D eigenvalue weighted by molar-refractivity contribution is 0.873. The van der Waals surface area contributed by atoms with Crippen LogP contribution in [0.4, 0.5) is 0 Å². The van der Waals surface area contributed by atoms with E-state index in [9.17, 15) is 0 Å². The quantitative estimate of drug-likeness (QED) is 0.619. The first-order chi connectivity index (χ1) is 5.86. The van der Waals surface area contributed by atoms with Gasteiger partial charge in [0, 0.05) is 0 Å². The molecule has 2 aromatic rings. The Kier molecular flexibility index (Phi) is 1.67. The van der Waals surface area contributed by atoms with Crippen molar-refractivity contribution in [2.45, 2.75) is 6.92 Å². The summed E-state index contributed by atoms with van der Waals surface area (Å²) in [7, 11) is 0. The number of benzene rings is 1. The van der Waals surface area contributed by atoms with Gasteiger partial charge in [0.25, 0.3) is 0 Å². The standard InChI is InChI=1S/C10H9N2/c1-9-3-5-10(6-4-9)12-8-2-7-11-12/h2-7H,1H3. The van der Waals surface area contributed by atoms with Crippen molar-refractivity contribution < 1.29 is 0 Å². The van der Waals surface area contributed by atoms with Gasteiger partial charge >= 0.3 is 0 Å². The molecule has 0 saturated carbocycles. The maximum absolute atomic E-state index is 4.08. The van der Waals surface area contributed by atoms with E-state index in [1.807, 2.05) is 12.1 Å². The summed E-state index contributed by atoms with van der Waals surface area (Å²) < 4.78 is 1.72. The SMILES string of the molecule is Cc1ccc(-n2[c]ccn2)cc1. The number of rotatable bonds is 1. The zero-order valence-corrected chi connectivity index (χ0v) is 6.86. The molecule has 0 atom stereocenters. The summed E-state index contributed by atoms with van der Waals surface area (Å²) in [5.74, 6) is 0. The first-order valence-corrected chi connectivity index (χ1v) is 3.85. The van der Waals surface area contributed by atoms with Crippen LogP contribution in [0.3, 0.4) is 0 Å². The number of hydrogen-bond acceptors (Lipinski definition) is 1. The Balaban J connectivity index is 2.43. The minimum Gasteiger partial charge on any atom is -0.232 e. The van der Waals surface area contributed by atoms with Gasteiger partial charge in [-0.15, -0.1) is 0 Å². The molecule has 1 heterocycles. The predicted octanol–water partition coefficient (Wildman–Crippen LogP) is 1.98. The van der Waals surface area contributed by atoms with E-state index < -0.39 is 0 Å². The Bertz CT molecular complexity index is 346. The van der Waals surface area contributed by atoms with Gasteiger partial charge in [0.15, 0.2) is 0 Å². The van der Waals surface area contributed by atoms with Crippen LogP contribution >= 0.6 is 0 Å². The monoisotopic (exact) mass is 157 g/mol. The van der Waals surface area contributed by atoms with E-state index in [0.717, 1.165) is 5.69 Å². The summed E-state index contributed by atoms with van der Waals surface area (Å²) in [5, 5.41) is 4.08. The van der Waals surface area contributed by atoms with Crippen LogP contribution < -0.4 is 0 Å². The third-order valence-corrected chi connectivity index (χ3v) is 1.73. The van der Waals surface area contributed by atoms with Gasteiger partial charge in [0.2, 0.25) is 0 Å². The van der Waals surface area contributed by atoms with Crippen LogP contribution in [0, 0.1) is 13.1 Å². The second-order valence-electron chi connectivity index (χ2n) is 2.71. The Morgan fingerprint density at radius 2 is 2.00 bits per heavy atom. The van der Waals surface area contributed by atoms with Gasteiger partial charge in [-0.05, 0) is 25.1 Å². The van der Waals surface area contributed by atoms with Crippen molar-refractivity contribution in [2.24, 2.45) is 0 Å². The first-order valence-electron chi connectivity index (χ1n) is 3.85. The largest absolute Gasteiger partial charge is 0.232 e. The van der Waals surface area contributed by atoms with Crippen molar-refractivity contribution in [2.75, 3.05) is 0 Å². The fourth-order valence-corrected chi connectivity index (χ4v) is 1.06. The topological polar surface area (TPSA) is 17.8 Å². The molecule has 0 bridgehead atoms. The molecule has 12 heavy (non-hydrogen) atoms. The predicted molar refractivity (Wildman–Crippen MR) is 47.1 cm³/mol. The van der Waals surface area contributed by atoms with E-state index >= 15 is 0 Å². The highest BCUT2D eigenvalue weighted by Gasteiger charge is 1.93. The average molecular weight is 157 g/mol. The molecule has 0 amide bonds. The molecular weight excluding hydrogens is 148 g/mol. The minimum absolute atomic E-state index is 1.05. The van der Waals surface area contributed by atoms with Gasteiger partial charge < -0.3 is 0 Å². The number of hydrogen-bond donors (Lipinski definition) is 0. The first kappa shape index (κ1) is 7.10. The Hall–Kier alpha value is -1.57. The van der Waals surface area contributed by atoms with Crippen LogP contribution in [0.15, 0.2) is 36.5 Å². The molecule has 2 heteroatoms. The molecule has 1 aromatic heterocycles. The van der Waals surface area contributed by atoms with Crippen LogP contribution in [0.5, 0.6) is 0 Å². The molecule has 2 nitrogen and oxygen atoms in total. The molecule has 0 aliphatic carbocycles. The summed E-state index contributed by atoms with van der Waals surface area (Å²) in [5.41, 5.74) is 2.30. The molecule has 0 fully saturated rings. The van der Waals surface area contributed by atoms with Crippen molar-refractivity contribution in [3.05, 3.63) is 48.3 Å². The lowest BCUT2D eigenvalue weighted by Crippen LogP contribution is -1.93. The second-order valence-corrected chi connectivity index (χ2v) is 2.71. The van der Waals surface area contributed by atoms with Crippen LogP contribution in [0.1, 0.15) is 5.56 Å². The van der Waals surface area contributed by atoms with Gasteiger partial charge in [0.05, 0.1) is 18.1 Å². The van der Waals surface area contributed by atoms with E-state index in [0.29, 0.717) is 0 Å². The van der Waals surface area contributed by atoms with Gasteiger partial charge in [-0.25, -0.2) is 4.68 Å². The lowest BCUT2D eigenvalue weighted by atomic mass is 10.2. The van der Waals surface area contributed by atoms with Gasteiger partial charge in [-0.2, -0.15) is 5.10 Å². The molecule has 1 aromatic carbocycles. The van der Waals surface area contributed by atoms with Crippen molar-refractivity contribution >= 4 is 0 Å². The highest BCUT2D eigenvalue weighted by molar-refractivity contribution is 5.32. The molecule has 0 N–H and O–H groups in total. The van der Waals surface area contributed by atoms with E-state index in [4.69, 9.17) is 0 Å². The zero-order chi connectivity index (χ0) is 8.39. The van der Waals surface area contributed by atoms with Gasteiger partial charge in [-0.1, -0.05) is 17.7 Å². The summed E-state index contributed by atoms with van der Waals surface area (Å²) in [6, 6.07) is 9.97. The van der Waals surface area contributed by atoms with E-state index in [1.54, 1.807) is 16.9 Å². The van der Waals surface area contributed by atoms with Crippen molar-refractivity contribution in [3.63, 3.8) is 0 Å². The summed E-state index contributed by atoms with van der Waals surface area (Å²) in [6.07, 6.45) is 4.70. The van der Waals surface area contributed by atoms with Crippen molar-refractivity contribution in [1.82, 2.24) is 9.78 Å². The Labute approximate surface area is 71.5 Å².